The first kappa shape index (κ1) is 13.6. The number of carbonyl (C=O) groups is 1. The van der Waals surface area contributed by atoms with Crippen molar-refractivity contribution in [1.82, 2.24) is 4.98 Å². The van der Waals surface area contributed by atoms with Crippen LogP contribution < -0.4 is 14.8 Å². The fraction of sp³-hybridized carbons (Fsp3) is 0.143. The molecule has 0 aliphatic carbocycles. The highest BCUT2D eigenvalue weighted by Crippen LogP contribution is 2.38. The number of nitrogens with zero attached hydrogens (tertiary/aromatic N) is 1. The first-order valence-corrected chi connectivity index (χ1v) is 6.54. The molecule has 0 radical (unpaired) electrons. The molecule has 1 N–H and O–H groups in total. The second kappa shape index (κ2) is 5.57. The van der Waals surface area contributed by atoms with E-state index in [4.69, 9.17) is 21.1 Å². The van der Waals surface area contributed by atoms with Crippen LogP contribution in [-0.4, -0.2) is 24.1 Å². The Kier molecular flexibility index (Phi) is 3.62. The zero-order valence-corrected chi connectivity index (χ0v) is 11.5. The third kappa shape index (κ3) is 2.90. The number of nitrogens with one attached hydrogen (secondary N) is 1. The van der Waals surface area contributed by atoms with E-state index < -0.39 is 11.9 Å². The average Bonchev–Trinajstić information content (AvgIpc) is 2.48. The third-order valence-corrected chi connectivity index (χ3v) is 3.14. The molecule has 5 nitrogen and oxygen atoms in total. The zero-order chi connectivity index (χ0) is 14.8. The first-order chi connectivity index (χ1) is 10.1. The van der Waals surface area contributed by atoms with Gasteiger partial charge in [-0.1, -0.05) is 17.7 Å². The molecule has 2 aromatic rings. The standard InChI is InChI=1S/C14H10ClFN2O3/c15-8-6-11-12(21-5-4-20-11)7-10(8)18-14(19)9-2-1-3-13(16)17-9/h1-3,6-7H,4-5H2,(H,18,19). The topological polar surface area (TPSA) is 60.5 Å². The molecule has 1 amide bonds. The summed E-state index contributed by atoms with van der Waals surface area (Å²) in [6.45, 7) is 0.871. The van der Waals surface area contributed by atoms with Crippen molar-refractivity contribution in [2.75, 3.05) is 18.5 Å². The molecule has 7 heteroatoms. The Hall–Kier alpha value is -2.34. The number of hydrogen-bond donors (Lipinski definition) is 1. The van der Waals surface area contributed by atoms with Gasteiger partial charge in [-0.05, 0) is 12.1 Å². The van der Waals surface area contributed by atoms with E-state index in [1.807, 2.05) is 0 Å². The Labute approximate surface area is 124 Å². The Balaban J connectivity index is 1.86. The highest BCUT2D eigenvalue weighted by molar-refractivity contribution is 6.34. The Morgan fingerprint density at radius 1 is 1.24 bits per heavy atom. The Bertz CT molecular complexity index is 709. The van der Waals surface area contributed by atoms with E-state index in [1.165, 1.54) is 12.1 Å². The largest absolute Gasteiger partial charge is 0.486 e. The summed E-state index contributed by atoms with van der Waals surface area (Å²) in [5, 5.41) is 2.86. The highest BCUT2D eigenvalue weighted by atomic mass is 35.5. The summed E-state index contributed by atoms with van der Waals surface area (Å²) in [6.07, 6.45) is 0. The van der Waals surface area contributed by atoms with Crippen molar-refractivity contribution in [2.24, 2.45) is 0 Å². The van der Waals surface area contributed by atoms with Gasteiger partial charge in [-0.3, -0.25) is 4.79 Å². The first-order valence-electron chi connectivity index (χ1n) is 6.16. The molecule has 0 fully saturated rings. The summed E-state index contributed by atoms with van der Waals surface area (Å²) in [5.41, 5.74) is 0.304. The molecular formula is C14H10ClFN2O3. The number of hydrogen-bond acceptors (Lipinski definition) is 4. The molecule has 0 spiro atoms. The van der Waals surface area contributed by atoms with Crippen LogP contribution in [0.25, 0.3) is 0 Å². The molecule has 2 heterocycles. The summed E-state index contributed by atoms with van der Waals surface area (Å²) in [7, 11) is 0. The maximum Gasteiger partial charge on any atom is 0.274 e. The molecule has 21 heavy (non-hydrogen) atoms. The van der Waals surface area contributed by atoms with E-state index in [1.54, 1.807) is 12.1 Å². The quantitative estimate of drug-likeness (QED) is 0.867. The zero-order valence-electron chi connectivity index (χ0n) is 10.7. The number of anilines is 1. The number of carbonyl (C=O) groups excluding carboxylic acids is 1. The van der Waals surface area contributed by atoms with Crippen molar-refractivity contribution < 1.29 is 18.7 Å². The molecule has 0 atom stereocenters. The Morgan fingerprint density at radius 3 is 2.67 bits per heavy atom. The van der Waals surface area contributed by atoms with Gasteiger partial charge in [0.1, 0.15) is 18.9 Å². The van der Waals surface area contributed by atoms with Crippen LogP contribution in [0.1, 0.15) is 10.5 Å². The minimum Gasteiger partial charge on any atom is -0.486 e. The van der Waals surface area contributed by atoms with Crippen molar-refractivity contribution in [3.05, 3.63) is 47.0 Å². The SMILES string of the molecule is O=C(Nc1cc2c(cc1Cl)OCCO2)c1cccc(F)n1. The van der Waals surface area contributed by atoms with Gasteiger partial charge in [-0.15, -0.1) is 0 Å². The van der Waals surface area contributed by atoms with Crippen LogP contribution in [0.4, 0.5) is 10.1 Å². The number of rotatable bonds is 2. The number of fused-ring (bicyclic) bond motifs is 1. The van der Waals surface area contributed by atoms with Crippen LogP contribution in [0.15, 0.2) is 30.3 Å². The molecule has 3 rings (SSSR count). The van der Waals surface area contributed by atoms with Gasteiger partial charge in [0.2, 0.25) is 5.95 Å². The van der Waals surface area contributed by atoms with Crippen LogP contribution in [0.3, 0.4) is 0 Å². The van der Waals surface area contributed by atoms with Crippen molar-refractivity contribution in [1.29, 1.82) is 0 Å². The van der Waals surface area contributed by atoms with Gasteiger partial charge in [0.25, 0.3) is 5.91 Å². The van der Waals surface area contributed by atoms with Gasteiger partial charge >= 0.3 is 0 Å². The van der Waals surface area contributed by atoms with Gasteiger partial charge < -0.3 is 14.8 Å². The van der Waals surface area contributed by atoms with Crippen LogP contribution in [0.5, 0.6) is 11.5 Å². The molecule has 0 bridgehead atoms. The summed E-state index contributed by atoms with van der Waals surface area (Å²) in [5.74, 6) is -0.273. The van der Waals surface area contributed by atoms with Gasteiger partial charge in [-0.2, -0.15) is 4.39 Å². The monoisotopic (exact) mass is 308 g/mol. The van der Waals surface area contributed by atoms with Gasteiger partial charge in [0.15, 0.2) is 11.5 Å². The summed E-state index contributed by atoms with van der Waals surface area (Å²) in [4.78, 5) is 15.5. The predicted molar refractivity (Wildman–Crippen MR) is 74.6 cm³/mol. The fourth-order valence-electron chi connectivity index (χ4n) is 1.88. The van der Waals surface area contributed by atoms with Crippen LogP contribution in [-0.2, 0) is 0 Å². The second-order valence-corrected chi connectivity index (χ2v) is 4.68. The maximum atomic E-state index is 13.0. The van der Waals surface area contributed by atoms with E-state index >= 15 is 0 Å². The third-order valence-electron chi connectivity index (χ3n) is 2.83. The molecular weight excluding hydrogens is 299 g/mol. The van der Waals surface area contributed by atoms with Crippen LogP contribution in [0.2, 0.25) is 5.02 Å². The second-order valence-electron chi connectivity index (χ2n) is 4.28. The van der Waals surface area contributed by atoms with E-state index in [-0.39, 0.29) is 5.69 Å². The molecule has 1 aromatic carbocycles. The lowest BCUT2D eigenvalue weighted by molar-refractivity contribution is 0.102. The van der Waals surface area contributed by atoms with Crippen molar-refractivity contribution >= 4 is 23.2 Å². The molecule has 1 aliphatic heterocycles. The van der Waals surface area contributed by atoms with Gasteiger partial charge in [-0.25, -0.2) is 4.98 Å². The van der Waals surface area contributed by atoms with Crippen LogP contribution >= 0.6 is 11.6 Å². The lowest BCUT2D eigenvalue weighted by Crippen LogP contribution is -2.17. The van der Waals surface area contributed by atoms with E-state index in [0.29, 0.717) is 35.4 Å². The molecule has 1 aromatic heterocycles. The minimum atomic E-state index is -0.726. The molecule has 0 saturated carbocycles. The Morgan fingerprint density at radius 2 is 1.95 bits per heavy atom. The summed E-state index contributed by atoms with van der Waals surface area (Å²) >= 11 is 6.08. The molecule has 0 unspecified atom stereocenters. The highest BCUT2D eigenvalue weighted by Gasteiger charge is 2.17. The molecule has 108 valence electrons. The van der Waals surface area contributed by atoms with Crippen molar-refractivity contribution in [3.63, 3.8) is 0 Å². The van der Waals surface area contributed by atoms with Crippen molar-refractivity contribution in [3.8, 4) is 11.5 Å². The normalized spacial score (nSPS) is 12.9. The molecule has 0 saturated heterocycles. The fourth-order valence-corrected chi connectivity index (χ4v) is 2.08. The van der Waals surface area contributed by atoms with Crippen LogP contribution in [0, 0.1) is 5.95 Å². The molecule has 1 aliphatic rings. The van der Waals surface area contributed by atoms with E-state index in [2.05, 4.69) is 10.3 Å². The number of pyridine rings is 1. The number of benzene rings is 1. The van der Waals surface area contributed by atoms with Gasteiger partial charge in [0, 0.05) is 12.1 Å². The smallest absolute Gasteiger partial charge is 0.274 e. The summed E-state index contributed by atoms with van der Waals surface area (Å²) in [6, 6.07) is 7.10. The van der Waals surface area contributed by atoms with Gasteiger partial charge in [0.05, 0.1) is 10.7 Å². The van der Waals surface area contributed by atoms with E-state index in [9.17, 15) is 9.18 Å². The van der Waals surface area contributed by atoms with E-state index in [0.717, 1.165) is 6.07 Å². The minimum absolute atomic E-state index is 0.0408. The average molecular weight is 309 g/mol. The number of halogens is 2. The van der Waals surface area contributed by atoms with Crippen molar-refractivity contribution in [2.45, 2.75) is 0 Å². The number of ether oxygens (including phenoxy) is 2. The summed E-state index contributed by atoms with van der Waals surface area (Å²) < 4.78 is 23.8. The maximum absolute atomic E-state index is 13.0. The predicted octanol–water partition coefficient (Wildman–Crippen LogP) is 2.90. The lowest BCUT2D eigenvalue weighted by atomic mass is 10.2. The number of aromatic nitrogens is 1. The lowest BCUT2D eigenvalue weighted by Gasteiger charge is -2.19. The number of amides is 1.